The second-order valence-electron chi connectivity index (χ2n) is 3.59. The number of halogens is 1. The number of benzene rings is 1. The maximum atomic E-state index is 13.4. The smallest absolute Gasteiger partial charge is 0.167 e. The number of rotatable bonds is 5. The van der Waals surface area contributed by atoms with Crippen molar-refractivity contribution in [3.8, 4) is 5.75 Å². The molecule has 3 N–H and O–H groups in total. The van der Waals surface area contributed by atoms with E-state index < -0.39 is 11.9 Å². The summed E-state index contributed by atoms with van der Waals surface area (Å²) in [5.41, 5.74) is 5.98. The van der Waals surface area contributed by atoms with Crippen molar-refractivity contribution in [3.63, 3.8) is 0 Å². The van der Waals surface area contributed by atoms with Crippen LogP contribution in [0.4, 0.5) is 10.1 Å². The third-order valence-electron chi connectivity index (χ3n) is 2.33. The van der Waals surface area contributed by atoms with E-state index in [0.717, 1.165) is 0 Å². The molecule has 0 amide bonds. The minimum absolute atomic E-state index is 0.184. The number of nitrogens with two attached hydrogens (primary N) is 1. The molecule has 0 heterocycles. The van der Waals surface area contributed by atoms with Crippen LogP contribution in [0.3, 0.4) is 0 Å². The highest BCUT2D eigenvalue weighted by Gasteiger charge is 2.09. The van der Waals surface area contributed by atoms with Gasteiger partial charge < -0.3 is 20.5 Å². The summed E-state index contributed by atoms with van der Waals surface area (Å²) in [6.07, 6.45) is -0.616. The highest BCUT2D eigenvalue weighted by Crippen LogP contribution is 2.22. The zero-order valence-corrected chi connectivity index (χ0v) is 9.48. The summed E-state index contributed by atoms with van der Waals surface area (Å²) in [5.74, 6) is -0.217. The van der Waals surface area contributed by atoms with Gasteiger partial charge in [0.25, 0.3) is 0 Å². The molecule has 5 heteroatoms. The topological polar surface area (TPSA) is 58.7 Å². The first kappa shape index (κ1) is 12.7. The summed E-state index contributed by atoms with van der Waals surface area (Å²) >= 11 is 0. The molecular weight excluding hydrogens is 211 g/mol. The fraction of sp³-hybridized carbons (Fsp3) is 0.455. The van der Waals surface area contributed by atoms with Gasteiger partial charge in [-0.3, -0.25) is 0 Å². The third-order valence-corrected chi connectivity index (χ3v) is 2.33. The van der Waals surface area contributed by atoms with E-state index in [1.165, 1.54) is 13.2 Å². The molecule has 1 aromatic rings. The van der Waals surface area contributed by atoms with E-state index >= 15 is 0 Å². The predicted molar refractivity (Wildman–Crippen MR) is 61.3 cm³/mol. The van der Waals surface area contributed by atoms with Crippen LogP contribution in [-0.2, 0) is 0 Å². The van der Waals surface area contributed by atoms with Crippen LogP contribution in [0.25, 0.3) is 0 Å². The van der Waals surface area contributed by atoms with Crippen molar-refractivity contribution in [3.05, 3.63) is 24.0 Å². The van der Waals surface area contributed by atoms with Crippen molar-refractivity contribution in [1.29, 1.82) is 0 Å². The lowest BCUT2D eigenvalue weighted by molar-refractivity contribution is 0.189. The molecule has 0 saturated heterocycles. The second-order valence-corrected chi connectivity index (χ2v) is 3.59. The van der Waals surface area contributed by atoms with Gasteiger partial charge in [0, 0.05) is 31.9 Å². The SMILES string of the molecule is COc1ccc(N(C)CC(O)CN)cc1F. The number of ether oxygens (including phenoxy) is 1. The van der Waals surface area contributed by atoms with Gasteiger partial charge in [-0.15, -0.1) is 0 Å². The largest absolute Gasteiger partial charge is 0.494 e. The quantitative estimate of drug-likeness (QED) is 0.774. The highest BCUT2D eigenvalue weighted by atomic mass is 19.1. The molecular formula is C11H17FN2O2. The third kappa shape index (κ3) is 3.08. The number of aliphatic hydroxyl groups is 1. The first-order valence-corrected chi connectivity index (χ1v) is 5.01. The number of methoxy groups -OCH3 is 1. The second kappa shape index (κ2) is 5.67. The van der Waals surface area contributed by atoms with Gasteiger partial charge in [-0.2, -0.15) is 0 Å². The predicted octanol–water partition coefficient (Wildman–Crippen LogP) is 0.590. The van der Waals surface area contributed by atoms with Crippen molar-refractivity contribution in [2.24, 2.45) is 5.73 Å². The summed E-state index contributed by atoms with van der Waals surface area (Å²) in [6, 6.07) is 4.64. The van der Waals surface area contributed by atoms with Gasteiger partial charge in [0.1, 0.15) is 0 Å². The molecule has 0 aliphatic heterocycles. The van der Waals surface area contributed by atoms with Crippen LogP contribution in [0, 0.1) is 5.82 Å². The molecule has 0 spiro atoms. The first-order valence-electron chi connectivity index (χ1n) is 5.01. The Morgan fingerprint density at radius 2 is 2.25 bits per heavy atom. The van der Waals surface area contributed by atoms with E-state index in [1.54, 1.807) is 24.1 Å². The van der Waals surface area contributed by atoms with Gasteiger partial charge in [-0.1, -0.05) is 0 Å². The maximum Gasteiger partial charge on any atom is 0.167 e. The molecule has 0 bridgehead atoms. The van der Waals surface area contributed by atoms with Crippen LogP contribution >= 0.6 is 0 Å². The molecule has 1 aromatic carbocycles. The summed E-state index contributed by atoms with van der Waals surface area (Å²) in [6.45, 7) is 0.547. The molecule has 4 nitrogen and oxygen atoms in total. The Morgan fingerprint density at radius 3 is 2.75 bits per heavy atom. The van der Waals surface area contributed by atoms with Crippen LogP contribution in [-0.4, -0.2) is 38.5 Å². The van der Waals surface area contributed by atoms with Gasteiger partial charge in [-0.05, 0) is 12.1 Å². The average Bonchev–Trinajstić information content (AvgIpc) is 2.28. The van der Waals surface area contributed by atoms with Gasteiger partial charge in [0.05, 0.1) is 13.2 Å². The maximum absolute atomic E-state index is 13.4. The van der Waals surface area contributed by atoms with E-state index in [0.29, 0.717) is 12.2 Å². The summed E-state index contributed by atoms with van der Waals surface area (Å²) in [5, 5.41) is 9.37. The molecule has 90 valence electrons. The number of anilines is 1. The average molecular weight is 228 g/mol. The monoisotopic (exact) mass is 228 g/mol. The zero-order chi connectivity index (χ0) is 12.1. The normalized spacial score (nSPS) is 12.3. The van der Waals surface area contributed by atoms with E-state index in [1.807, 2.05) is 0 Å². The van der Waals surface area contributed by atoms with Gasteiger partial charge in [-0.25, -0.2) is 4.39 Å². The Balaban J connectivity index is 2.76. The molecule has 0 radical (unpaired) electrons. The number of likely N-dealkylation sites (N-methyl/N-ethyl adjacent to an activating group) is 1. The lowest BCUT2D eigenvalue weighted by Crippen LogP contribution is -2.34. The van der Waals surface area contributed by atoms with Gasteiger partial charge in [0.15, 0.2) is 11.6 Å². The van der Waals surface area contributed by atoms with Crippen LogP contribution in [0.2, 0.25) is 0 Å². The Kier molecular flexibility index (Phi) is 4.52. The molecule has 0 aliphatic rings. The summed E-state index contributed by atoms with van der Waals surface area (Å²) in [7, 11) is 3.18. The van der Waals surface area contributed by atoms with E-state index in [9.17, 15) is 9.50 Å². The molecule has 16 heavy (non-hydrogen) atoms. The van der Waals surface area contributed by atoms with E-state index in [-0.39, 0.29) is 12.3 Å². The molecule has 1 atom stereocenters. The Morgan fingerprint density at radius 1 is 1.56 bits per heavy atom. The van der Waals surface area contributed by atoms with Crippen LogP contribution in [0.15, 0.2) is 18.2 Å². The molecule has 1 rings (SSSR count). The number of nitrogens with zero attached hydrogens (tertiary/aromatic N) is 1. The Bertz CT molecular complexity index is 347. The molecule has 0 fully saturated rings. The molecule has 0 saturated carbocycles. The molecule has 0 aliphatic carbocycles. The van der Waals surface area contributed by atoms with Crippen molar-refractivity contribution in [2.45, 2.75) is 6.10 Å². The summed E-state index contributed by atoms with van der Waals surface area (Å²) < 4.78 is 18.2. The highest BCUT2D eigenvalue weighted by molar-refractivity contribution is 5.49. The first-order chi connectivity index (χ1) is 7.58. The minimum atomic E-state index is -0.616. The fourth-order valence-corrected chi connectivity index (χ4v) is 1.39. The lowest BCUT2D eigenvalue weighted by Gasteiger charge is -2.22. The van der Waals surface area contributed by atoms with Crippen LogP contribution in [0.5, 0.6) is 5.75 Å². The number of hydrogen-bond donors (Lipinski definition) is 2. The van der Waals surface area contributed by atoms with Crippen LogP contribution in [0.1, 0.15) is 0 Å². The Labute approximate surface area is 94.4 Å². The fourth-order valence-electron chi connectivity index (χ4n) is 1.39. The lowest BCUT2D eigenvalue weighted by atomic mass is 10.2. The van der Waals surface area contributed by atoms with Crippen molar-refractivity contribution < 1.29 is 14.2 Å². The zero-order valence-electron chi connectivity index (χ0n) is 9.48. The number of aliphatic hydroxyl groups excluding tert-OH is 1. The Hall–Kier alpha value is -1.33. The van der Waals surface area contributed by atoms with E-state index in [2.05, 4.69) is 0 Å². The van der Waals surface area contributed by atoms with Crippen molar-refractivity contribution in [1.82, 2.24) is 0 Å². The van der Waals surface area contributed by atoms with Crippen molar-refractivity contribution in [2.75, 3.05) is 32.1 Å². The van der Waals surface area contributed by atoms with Crippen LogP contribution < -0.4 is 15.4 Å². The molecule has 0 aromatic heterocycles. The van der Waals surface area contributed by atoms with Gasteiger partial charge in [0.2, 0.25) is 0 Å². The minimum Gasteiger partial charge on any atom is -0.494 e. The van der Waals surface area contributed by atoms with Crippen molar-refractivity contribution >= 4 is 5.69 Å². The number of hydrogen-bond acceptors (Lipinski definition) is 4. The van der Waals surface area contributed by atoms with E-state index in [4.69, 9.17) is 10.5 Å². The van der Waals surface area contributed by atoms with Gasteiger partial charge >= 0.3 is 0 Å². The standard InChI is InChI=1S/C11H17FN2O2/c1-14(7-9(15)6-13)8-3-4-11(16-2)10(12)5-8/h3-5,9,15H,6-7,13H2,1-2H3. The molecule has 1 unspecified atom stereocenters. The summed E-state index contributed by atoms with van der Waals surface area (Å²) in [4.78, 5) is 1.74.